The maximum atomic E-state index is 13.6. The van der Waals surface area contributed by atoms with Gasteiger partial charge in [-0.25, -0.2) is 0 Å². The number of aliphatic hydroxyl groups excluding tert-OH is 1. The Kier molecular flexibility index (Phi) is 7.90. The van der Waals surface area contributed by atoms with Gasteiger partial charge in [0.1, 0.15) is 24.2 Å². The summed E-state index contributed by atoms with van der Waals surface area (Å²) in [7, 11) is 0. The third kappa shape index (κ3) is 5.54. The number of carbonyl (C=O) groups is 4. The van der Waals surface area contributed by atoms with Gasteiger partial charge in [0.25, 0.3) is 0 Å². The lowest BCUT2D eigenvalue weighted by atomic mass is 10.0. The van der Waals surface area contributed by atoms with Gasteiger partial charge < -0.3 is 36.5 Å². The number of benzene rings is 1. The van der Waals surface area contributed by atoms with Crippen molar-refractivity contribution in [2.45, 2.75) is 63.4 Å². The highest BCUT2D eigenvalue weighted by molar-refractivity contribution is 5.95. The van der Waals surface area contributed by atoms with Crippen LogP contribution in [0.4, 0.5) is 0 Å². The lowest BCUT2D eigenvalue weighted by Crippen LogP contribution is -2.58. The third-order valence-electron chi connectivity index (χ3n) is 6.10. The number of fused-ring (bicyclic) bond motifs is 1. The molecule has 11 heteroatoms. The Bertz CT molecular complexity index is 1070. The van der Waals surface area contributed by atoms with Crippen molar-refractivity contribution < 1.29 is 29.4 Å². The number of hydrogen-bond donors (Lipinski definition) is 6. The minimum Gasteiger partial charge on any atom is -0.480 e. The van der Waals surface area contributed by atoms with Gasteiger partial charge in [0.15, 0.2) is 0 Å². The smallest absolute Gasteiger partial charge is 0.325 e. The first-order chi connectivity index (χ1) is 16.1. The van der Waals surface area contributed by atoms with Crippen molar-refractivity contribution in [2.24, 2.45) is 5.73 Å². The number of carboxylic acids is 1. The molecule has 3 amide bonds. The molecule has 0 aliphatic carbocycles. The summed E-state index contributed by atoms with van der Waals surface area (Å²) in [4.78, 5) is 54.5. The molecule has 2 aromatic rings. The van der Waals surface area contributed by atoms with Crippen molar-refractivity contribution in [3.8, 4) is 0 Å². The van der Waals surface area contributed by atoms with Crippen LogP contribution in [0, 0.1) is 0 Å². The van der Waals surface area contributed by atoms with E-state index in [1.165, 1.54) is 18.7 Å². The lowest BCUT2D eigenvalue weighted by Gasteiger charge is -2.30. The molecule has 7 N–H and O–H groups in total. The molecule has 1 saturated heterocycles. The number of aliphatic hydroxyl groups is 1. The SMILES string of the molecule is CC(NC(=O)C1CCCN1C(=O)C(Cc1c[nH]c2ccccc12)NC(=O)C(N)C(C)O)C(=O)O. The number of nitrogens with two attached hydrogens (primary N) is 1. The van der Waals surface area contributed by atoms with Gasteiger partial charge in [-0.2, -0.15) is 0 Å². The fraction of sp³-hybridized carbons (Fsp3) is 0.478. The molecule has 0 radical (unpaired) electrons. The Labute approximate surface area is 196 Å². The van der Waals surface area contributed by atoms with Gasteiger partial charge in [-0.1, -0.05) is 18.2 Å². The summed E-state index contributed by atoms with van der Waals surface area (Å²) in [5, 5.41) is 24.7. The maximum absolute atomic E-state index is 13.6. The molecule has 184 valence electrons. The van der Waals surface area contributed by atoms with E-state index in [4.69, 9.17) is 10.8 Å². The standard InChI is InChI=1S/C23H31N5O6/c1-12(23(33)34)26-20(30)18-8-5-9-28(18)22(32)17(27-21(31)19(24)13(2)29)10-14-11-25-16-7-4-3-6-15(14)16/h3-4,6-7,11-13,17-19,25,29H,5,8-10,24H2,1-2H3,(H,26,30)(H,27,31)(H,33,34). The largest absolute Gasteiger partial charge is 0.480 e. The number of carbonyl (C=O) groups excluding carboxylic acids is 3. The van der Waals surface area contributed by atoms with Crippen LogP contribution < -0.4 is 16.4 Å². The van der Waals surface area contributed by atoms with Crippen LogP contribution in [-0.2, 0) is 25.6 Å². The molecule has 1 aliphatic rings. The fourth-order valence-electron chi connectivity index (χ4n) is 4.08. The van der Waals surface area contributed by atoms with Crippen LogP contribution in [-0.4, -0.2) is 80.6 Å². The van der Waals surface area contributed by atoms with Crippen molar-refractivity contribution in [3.63, 3.8) is 0 Å². The Morgan fingerprint density at radius 3 is 2.59 bits per heavy atom. The van der Waals surface area contributed by atoms with Crippen molar-refractivity contribution in [1.82, 2.24) is 20.5 Å². The van der Waals surface area contributed by atoms with Crippen LogP contribution in [0.3, 0.4) is 0 Å². The number of rotatable bonds is 9. The zero-order valence-electron chi connectivity index (χ0n) is 19.2. The van der Waals surface area contributed by atoms with Crippen LogP contribution in [0.25, 0.3) is 10.9 Å². The first kappa shape index (κ1) is 25.2. The van der Waals surface area contributed by atoms with Gasteiger partial charge in [-0.15, -0.1) is 0 Å². The third-order valence-corrected chi connectivity index (χ3v) is 6.10. The molecule has 0 saturated carbocycles. The highest BCUT2D eigenvalue weighted by Gasteiger charge is 2.39. The number of aromatic nitrogens is 1. The van der Waals surface area contributed by atoms with Crippen molar-refractivity contribution in [3.05, 3.63) is 36.0 Å². The number of likely N-dealkylation sites (tertiary alicyclic amines) is 1. The first-order valence-corrected chi connectivity index (χ1v) is 11.2. The van der Waals surface area contributed by atoms with Crippen LogP contribution >= 0.6 is 0 Å². The van der Waals surface area contributed by atoms with Crippen LogP contribution in [0.5, 0.6) is 0 Å². The molecule has 11 nitrogen and oxygen atoms in total. The molecule has 1 fully saturated rings. The summed E-state index contributed by atoms with van der Waals surface area (Å²) in [6, 6.07) is 3.31. The van der Waals surface area contributed by atoms with Crippen molar-refractivity contribution in [1.29, 1.82) is 0 Å². The summed E-state index contributed by atoms with van der Waals surface area (Å²) < 4.78 is 0. The molecule has 0 spiro atoms. The molecule has 1 aromatic heterocycles. The Hall–Kier alpha value is -3.44. The first-order valence-electron chi connectivity index (χ1n) is 11.2. The van der Waals surface area contributed by atoms with E-state index in [1.807, 2.05) is 24.3 Å². The molecule has 0 bridgehead atoms. The Morgan fingerprint density at radius 1 is 1.21 bits per heavy atom. The van der Waals surface area contributed by atoms with Gasteiger partial charge in [-0.3, -0.25) is 19.2 Å². The van der Waals surface area contributed by atoms with E-state index < -0.39 is 54.0 Å². The van der Waals surface area contributed by atoms with Gasteiger partial charge >= 0.3 is 5.97 Å². The fourth-order valence-corrected chi connectivity index (χ4v) is 4.08. The normalized spacial score (nSPS) is 19.3. The van der Waals surface area contributed by atoms with E-state index >= 15 is 0 Å². The zero-order valence-corrected chi connectivity index (χ0v) is 19.2. The van der Waals surface area contributed by atoms with Gasteiger partial charge in [0.05, 0.1) is 6.10 Å². The molecule has 34 heavy (non-hydrogen) atoms. The van der Waals surface area contributed by atoms with E-state index in [0.29, 0.717) is 19.4 Å². The number of amides is 3. The van der Waals surface area contributed by atoms with E-state index in [2.05, 4.69) is 15.6 Å². The summed E-state index contributed by atoms with van der Waals surface area (Å²) in [6.45, 7) is 3.02. The number of para-hydroxylation sites is 1. The molecule has 1 aliphatic heterocycles. The predicted molar refractivity (Wildman–Crippen MR) is 124 cm³/mol. The zero-order chi connectivity index (χ0) is 25.0. The quantitative estimate of drug-likeness (QED) is 0.284. The van der Waals surface area contributed by atoms with E-state index in [-0.39, 0.29) is 6.42 Å². The number of carboxylic acid groups (broad SMARTS) is 1. The van der Waals surface area contributed by atoms with E-state index in [1.54, 1.807) is 6.20 Å². The molecule has 2 heterocycles. The summed E-state index contributed by atoms with van der Waals surface area (Å²) in [5.41, 5.74) is 7.43. The topological polar surface area (TPSA) is 178 Å². The predicted octanol–water partition coefficient (Wildman–Crippen LogP) is -0.516. The number of H-pyrrole nitrogens is 1. The number of nitrogens with one attached hydrogen (secondary N) is 3. The van der Waals surface area contributed by atoms with E-state index in [9.17, 15) is 24.3 Å². The number of aliphatic carboxylic acids is 1. The van der Waals surface area contributed by atoms with Crippen molar-refractivity contribution in [2.75, 3.05) is 6.54 Å². The second-order valence-corrected chi connectivity index (χ2v) is 8.65. The summed E-state index contributed by atoms with van der Waals surface area (Å²) in [5.74, 6) is -2.90. The monoisotopic (exact) mass is 473 g/mol. The minimum absolute atomic E-state index is 0.136. The Morgan fingerprint density at radius 2 is 1.91 bits per heavy atom. The molecule has 5 unspecified atom stereocenters. The van der Waals surface area contributed by atoms with Crippen molar-refractivity contribution >= 4 is 34.6 Å². The van der Waals surface area contributed by atoms with Gasteiger partial charge in [0.2, 0.25) is 17.7 Å². The van der Waals surface area contributed by atoms with Gasteiger partial charge in [-0.05, 0) is 38.3 Å². The lowest BCUT2D eigenvalue weighted by molar-refractivity contribution is -0.144. The number of hydrogen-bond acceptors (Lipinski definition) is 6. The minimum atomic E-state index is -1.23. The number of aromatic amines is 1. The summed E-state index contributed by atoms with van der Waals surface area (Å²) in [6.07, 6.45) is 1.72. The average Bonchev–Trinajstić information content (AvgIpc) is 3.45. The van der Waals surface area contributed by atoms with Crippen LogP contribution in [0.15, 0.2) is 30.5 Å². The summed E-state index contributed by atoms with van der Waals surface area (Å²) >= 11 is 0. The second kappa shape index (κ2) is 10.7. The number of nitrogens with zero attached hydrogens (tertiary/aromatic N) is 1. The highest BCUT2D eigenvalue weighted by atomic mass is 16.4. The second-order valence-electron chi connectivity index (χ2n) is 8.65. The highest BCUT2D eigenvalue weighted by Crippen LogP contribution is 2.23. The van der Waals surface area contributed by atoms with Crippen LogP contribution in [0.2, 0.25) is 0 Å². The average molecular weight is 474 g/mol. The molecule has 1 aromatic carbocycles. The van der Waals surface area contributed by atoms with E-state index in [0.717, 1.165) is 16.5 Å². The Balaban J connectivity index is 1.85. The molecule has 3 rings (SSSR count). The molecule has 5 atom stereocenters. The molecular weight excluding hydrogens is 442 g/mol. The van der Waals surface area contributed by atoms with Crippen LogP contribution in [0.1, 0.15) is 32.3 Å². The molecular formula is C23H31N5O6. The maximum Gasteiger partial charge on any atom is 0.325 e. The van der Waals surface area contributed by atoms with Gasteiger partial charge in [0, 0.05) is 30.1 Å².